The van der Waals surface area contributed by atoms with Gasteiger partial charge >= 0.3 is 0 Å². The molecule has 16 heavy (non-hydrogen) atoms. The fraction of sp³-hybridized carbons (Fsp3) is 0.533. The summed E-state index contributed by atoms with van der Waals surface area (Å²) < 4.78 is 0. The van der Waals surface area contributed by atoms with Gasteiger partial charge in [0.1, 0.15) is 0 Å². The zero-order valence-corrected chi connectivity index (χ0v) is 10.2. The molecule has 1 heteroatoms. The van der Waals surface area contributed by atoms with Crippen molar-refractivity contribution in [1.29, 1.82) is 0 Å². The highest BCUT2D eigenvalue weighted by molar-refractivity contribution is 6.01. The molecule has 0 aliphatic heterocycles. The molecule has 0 radical (unpaired) electrons. The summed E-state index contributed by atoms with van der Waals surface area (Å²) in [6.07, 6.45) is 4.43. The third-order valence-corrected chi connectivity index (χ3v) is 4.15. The summed E-state index contributed by atoms with van der Waals surface area (Å²) in [4.78, 5) is 12.5. The molecule has 1 nitrogen and oxygen atoms in total. The molecule has 1 aromatic carbocycles. The molecule has 0 N–H and O–H groups in total. The highest BCUT2D eigenvalue weighted by Gasteiger charge is 2.48. The number of carbonyl (C=O) groups is 1. The monoisotopic (exact) mass is 216 g/mol. The fourth-order valence-corrected chi connectivity index (χ4v) is 2.93. The van der Waals surface area contributed by atoms with E-state index in [1.807, 2.05) is 30.3 Å². The lowest BCUT2D eigenvalue weighted by atomic mass is 9.55. The van der Waals surface area contributed by atoms with E-state index in [0.29, 0.717) is 11.7 Å². The predicted octanol–water partition coefficient (Wildman–Crippen LogP) is 4.09. The van der Waals surface area contributed by atoms with Gasteiger partial charge in [-0.1, -0.05) is 50.6 Å². The number of carbonyl (C=O) groups excluding carboxylic acids is 1. The van der Waals surface area contributed by atoms with Crippen molar-refractivity contribution in [3.63, 3.8) is 0 Å². The SMILES string of the molecule is CCCC1(C(=O)c2ccccc2)CCC1C. The molecular formula is C15H20O. The van der Waals surface area contributed by atoms with Gasteiger partial charge in [0.25, 0.3) is 0 Å². The number of rotatable bonds is 4. The lowest BCUT2D eigenvalue weighted by Crippen LogP contribution is -2.45. The van der Waals surface area contributed by atoms with E-state index < -0.39 is 0 Å². The van der Waals surface area contributed by atoms with Gasteiger partial charge in [-0.3, -0.25) is 4.79 Å². The second kappa shape index (κ2) is 4.40. The number of Topliss-reactive ketones (excluding diaryl/α,β-unsaturated/α-hetero) is 1. The highest BCUT2D eigenvalue weighted by Crippen LogP contribution is 2.51. The number of hydrogen-bond acceptors (Lipinski definition) is 1. The molecule has 2 rings (SSSR count). The van der Waals surface area contributed by atoms with Crippen molar-refractivity contribution in [2.75, 3.05) is 0 Å². The second-order valence-electron chi connectivity index (χ2n) is 5.04. The molecule has 86 valence electrons. The molecule has 1 saturated carbocycles. The van der Waals surface area contributed by atoms with Crippen LogP contribution in [0.2, 0.25) is 0 Å². The second-order valence-corrected chi connectivity index (χ2v) is 5.04. The van der Waals surface area contributed by atoms with Crippen LogP contribution < -0.4 is 0 Å². The lowest BCUT2D eigenvalue weighted by molar-refractivity contribution is 0.0281. The van der Waals surface area contributed by atoms with Crippen LogP contribution in [-0.4, -0.2) is 5.78 Å². The van der Waals surface area contributed by atoms with Gasteiger partial charge in [-0.25, -0.2) is 0 Å². The largest absolute Gasteiger partial charge is 0.294 e. The van der Waals surface area contributed by atoms with Gasteiger partial charge in [0.2, 0.25) is 0 Å². The van der Waals surface area contributed by atoms with Crippen LogP contribution >= 0.6 is 0 Å². The maximum atomic E-state index is 12.5. The minimum Gasteiger partial charge on any atom is -0.294 e. The van der Waals surface area contributed by atoms with Crippen LogP contribution in [0, 0.1) is 11.3 Å². The van der Waals surface area contributed by atoms with Gasteiger partial charge in [0, 0.05) is 11.0 Å². The lowest BCUT2D eigenvalue weighted by Gasteiger charge is -2.47. The third-order valence-electron chi connectivity index (χ3n) is 4.15. The van der Waals surface area contributed by atoms with Crippen LogP contribution in [-0.2, 0) is 0 Å². The van der Waals surface area contributed by atoms with E-state index >= 15 is 0 Å². The first kappa shape index (κ1) is 11.4. The van der Waals surface area contributed by atoms with E-state index in [2.05, 4.69) is 13.8 Å². The van der Waals surface area contributed by atoms with E-state index in [4.69, 9.17) is 0 Å². The molecule has 0 amide bonds. The molecule has 0 heterocycles. The standard InChI is InChI=1S/C15H20O/c1-3-10-15(11-9-12(15)2)14(16)13-7-5-4-6-8-13/h4-8,12H,3,9-11H2,1-2H3. The number of ketones is 1. The van der Waals surface area contributed by atoms with Crippen LogP contribution in [0.5, 0.6) is 0 Å². The Balaban J connectivity index is 2.25. The first-order chi connectivity index (χ1) is 7.70. The van der Waals surface area contributed by atoms with Crippen molar-refractivity contribution in [3.8, 4) is 0 Å². The molecule has 2 unspecified atom stereocenters. The zero-order valence-electron chi connectivity index (χ0n) is 10.2. The Labute approximate surface area is 97.9 Å². The third kappa shape index (κ3) is 1.68. The Morgan fingerprint density at radius 3 is 2.50 bits per heavy atom. The molecule has 0 saturated heterocycles. The Bertz CT molecular complexity index is 368. The van der Waals surface area contributed by atoms with Crippen LogP contribution in [0.15, 0.2) is 30.3 Å². The summed E-state index contributed by atoms with van der Waals surface area (Å²) in [7, 11) is 0. The summed E-state index contributed by atoms with van der Waals surface area (Å²) >= 11 is 0. The van der Waals surface area contributed by atoms with Gasteiger partial charge in [-0.15, -0.1) is 0 Å². The molecule has 1 aromatic rings. The van der Waals surface area contributed by atoms with Crippen molar-refractivity contribution in [2.45, 2.75) is 39.5 Å². The van der Waals surface area contributed by atoms with Gasteiger partial charge in [-0.05, 0) is 25.2 Å². The minimum atomic E-state index is -0.0455. The van der Waals surface area contributed by atoms with Crippen LogP contribution in [0.1, 0.15) is 49.9 Å². The van der Waals surface area contributed by atoms with E-state index in [1.54, 1.807) is 0 Å². The molecule has 0 spiro atoms. The van der Waals surface area contributed by atoms with Crippen molar-refractivity contribution < 1.29 is 4.79 Å². The predicted molar refractivity (Wildman–Crippen MR) is 66.5 cm³/mol. The summed E-state index contributed by atoms with van der Waals surface area (Å²) in [5, 5.41) is 0. The van der Waals surface area contributed by atoms with E-state index in [-0.39, 0.29) is 5.41 Å². The van der Waals surface area contributed by atoms with Gasteiger partial charge in [0.15, 0.2) is 5.78 Å². The summed E-state index contributed by atoms with van der Waals surface area (Å²) in [6.45, 7) is 4.39. The van der Waals surface area contributed by atoms with E-state index in [1.165, 1.54) is 6.42 Å². The Kier molecular flexibility index (Phi) is 3.13. The number of hydrogen-bond donors (Lipinski definition) is 0. The molecule has 1 fully saturated rings. The molecule has 1 aliphatic carbocycles. The normalized spacial score (nSPS) is 28.5. The summed E-state index contributed by atoms with van der Waals surface area (Å²) in [5.74, 6) is 0.925. The van der Waals surface area contributed by atoms with Crippen molar-refractivity contribution in [2.24, 2.45) is 11.3 Å². The van der Waals surface area contributed by atoms with Crippen molar-refractivity contribution in [1.82, 2.24) is 0 Å². The highest BCUT2D eigenvalue weighted by atomic mass is 16.1. The minimum absolute atomic E-state index is 0.0455. The quantitative estimate of drug-likeness (QED) is 0.693. The molecule has 1 aliphatic rings. The van der Waals surface area contributed by atoms with Gasteiger partial charge < -0.3 is 0 Å². The topological polar surface area (TPSA) is 17.1 Å². The Morgan fingerprint density at radius 1 is 1.38 bits per heavy atom. The van der Waals surface area contributed by atoms with Gasteiger partial charge in [-0.2, -0.15) is 0 Å². The Morgan fingerprint density at radius 2 is 2.06 bits per heavy atom. The molecule has 0 bridgehead atoms. The molecule has 0 aromatic heterocycles. The van der Waals surface area contributed by atoms with Crippen LogP contribution in [0.4, 0.5) is 0 Å². The van der Waals surface area contributed by atoms with Crippen molar-refractivity contribution >= 4 is 5.78 Å². The number of benzene rings is 1. The maximum absolute atomic E-state index is 12.5. The van der Waals surface area contributed by atoms with E-state index in [9.17, 15) is 4.79 Å². The van der Waals surface area contributed by atoms with Gasteiger partial charge in [0.05, 0.1) is 0 Å². The fourth-order valence-electron chi connectivity index (χ4n) is 2.93. The average Bonchev–Trinajstić information content (AvgIpc) is 2.34. The Hall–Kier alpha value is -1.11. The smallest absolute Gasteiger partial charge is 0.169 e. The zero-order chi connectivity index (χ0) is 11.6. The summed E-state index contributed by atoms with van der Waals surface area (Å²) in [5.41, 5.74) is 0.846. The molecular weight excluding hydrogens is 196 g/mol. The first-order valence-corrected chi connectivity index (χ1v) is 6.30. The van der Waals surface area contributed by atoms with Crippen LogP contribution in [0.25, 0.3) is 0 Å². The maximum Gasteiger partial charge on any atom is 0.169 e. The van der Waals surface area contributed by atoms with E-state index in [0.717, 1.165) is 24.8 Å². The average molecular weight is 216 g/mol. The molecule has 2 atom stereocenters. The van der Waals surface area contributed by atoms with Crippen LogP contribution in [0.3, 0.4) is 0 Å². The summed E-state index contributed by atoms with van der Waals surface area (Å²) in [6, 6.07) is 9.77. The van der Waals surface area contributed by atoms with Crippen molar-refractivity contribution in [3.05, 3.63) is 35.9 Å². The first-order valence-electron chi connectivity index (χ1n) is 6.30.